The molecule has 19 heavy (non-hydrogen) atoms. The van der Waals surface area contributed by atoms with Crippen molar-refractivity contribution in [2.45, 2.75) is 72.4 Å². The van der Waals surface area contributed by atoms with Crippen LogP contribution in [0.1, 0.15) is 60.5 Å². The Labute approximate surface area is 119 Å². The molecule has 2 unspecified atom stereocenters. The van der Waals surface area contributed by atoms with Crippen molar-refractivity contribution in [2.24, 2.45) is 5.41 Å². The van der Waals surface area contributed by atoms with Crippen LogP contribution < -0.4 is 5.32 Å². The van der Waals surface area contributed by atoms with Crippen LogP contribution in [-0.2, 0) is 5.41 Å². The number of hydrogen-bond donors (Lipinski definition) is 1. The van der Waals surface area contributed by atoms with Gasteiger partial charge in [0, 0.05) is 12.1 Å². The van der Waals surface area contributed by atoms with E-state index in [1.165, 1.54) is 5.56 Å². The molecule has 1 aromatic rings. The average Bonchev–Trinajstić information content (AvgIpc) is 2.28. The second-order valence-electron chi connectivity index (χ2n) is 7.61. The predicted molar refractivity (Wildman–Crippen MR) is 85.6 cm³/mol. The molecule has 1 heteroatoms. The lowest BCUT2D eigenvalue weighted by Crippen LogP contribution is -2.44. The van der Waals surface area contributed by atoms with Gasteiger partial charge in [-0.3, -0.25) is 0 Å². The van der Waals surface area contributed by atoms with Crippen LogP contribution >= 0.6 is 0 Å². The summed E-state index contributed by atoms with van der Waals surface area (Å²) < 4.78 is 0. The summed E-state index contributed by atoms with van der Waals surface area (Å²) in [4.78, 5) is 0. The largest absolute Gasteiger partial charge is 0.311 e. The second kappa shape index (κ2) is 6.09. The first-order valence-corrected chi connectivity index (χ1v) is 7.44. The van der Waals surface area contributed by atoms with Crippen molar-refractivity contribution in [3.05, 3.63) is 35.9 Å². The maximum absolute atomic E-state index is 3.75. The summed E-state index contributed by atoms with van der Waals surface area (Å²) in [5, 5.41) is 3.75. The number of benzene rings is 1. The van der Waals surface area contributed by atoms with Crippen molar-refractivity contribution in [3.63, 3.8) is 0 Å². The van der Waals surface area contributed by atoms with Gasteiger partial charge in [0.1, 0.15) is 0 Å². The fourth-order valence-electron chi connectivity index (χ4n) is 2.51. The van der Waals surface area contributed by atoms with Crippen molar-refractivity contribution < 1.29 is 0 Å². The smallest absolute Gasteiger partial charge is 0.00897 e. The molecule has 2 atom stereocenters. The molecular formula is C18H31N. The van der Waals surface area contributed by atoms with Gasteiger partial charge in [-0.25, -0.2) is 0 Å². The van der Waals surface area contributed by atoms with E-state index in [4.69, 9.17) is 0 Å². The van der Waals surface area contributed by atoms with Gasteiger partial charge in [-0.2, -0.15) is 0 Å². The fourth-order valence-corrected chi connectivity index (χ4v) is 2.51. The van der Waals surface area contributed by atoms with E-state index in [0.717, 1.165) is 6.42 Å². The third kappa shape index (κ3) is 4.99. The SMILES string of the molecule is CC(CC(C)(C)c1ccccc1)NC(C)C(C)(C)C. The maximum Gasteiger partial charge on any atom is 0.00897 e. The van der Waals surface area contributed by atoms with Crippen LogP contribution in [0.25, 0.3) is 0 Å². The van der Waals surface area contributed by atoms with Gasteiger partial charge < -0.3 is 5.32 Å². The van der Waals surface area contributed by atoms with E-state index in [2.05, 4.69) is 84.1 Å². The average molecular weight is 261 g/mol. The molecule has 0 aliphatic carbocycles. The molecule has 0 aliphatic rings. The molecule has 108 valence electrons. The van der Waals surface area contributed by atoms with Crippen molar-refractivity contribution in [3.8, 4) is 0 Å². The monoisotopic (exact) mass is 261 g/mol. The molecule has 1 aromatic carbocycles. The molecule has 1 N–H and O–H groups in total. The molecule has 0 amide bonds. The molecule has 0 aliphatic heterocycles. The normalized spacial score (nSPS) is 16.2. The summed E-state index contributed by atoms with van der Waals surface area (Å²) in [5.74, 6) is 0. The van der Waals surface area contributed by atoms with Gasteiger partial charge in [-0.15, -0.1) is 0 Å². The predicted octanol–water partition coefficient (Wildman–Crippen LogP) is 4.77. The lowest BCUT2D eigenvalue weighted by Gasteiger charge is -2.35. The van der Waals surface area contributed by atoms with Crippen molar-refractivity contribution in [1.29, 1.82) is 0 Å². The first kappa shape index (κ1) is 16.2. The molecule has 0 saturated heterocycles. The summed E-state index contributed by atoms with van der Waals surface area (Å²) in [6.07, 6.45) is 1.15. The molecule has 0 aromatic heterocycles. The van der Waals surface area contributed by atoms with Crippen LogP contribution in [0.15, 0.2) is 30.3 Å². The second-order valence-corrected chi connectivity index (χ2v) is 7.61. The van der Waals surface area contributed by atoms with E-state index in [9.17, 15) is 0 Å². The Morgan fingerprint density at radius 1 is 0.947 bits per heavy atom. The van der Waals surface area contributed by atoms with Crippen LogP contribution in [0.3, 0.4) is 0 Å². The topological polar surface area (TPSA) is 12.0 Å². The first-order valence-electron chi connectivity index (χ1n) is 7.44. The third-order valence-corrected chi connectivity index (χ3v) is 4.21. The Kier molecular flexibility index (Phi) is 5.20. The lowest BCUT2D eigenvalue weighted by atomic mass is 9.79. The zero-order chi connectivity index (χ0) is 14.7. The van der Waals surface area contributed by atoms with E-state index < -0.39 is 0 Å². The van der Waals surface area contributed by atoms with Gasteiger partial charge in [-0.05, 0) is 36.7 Å². The first-order chi connectivity index (χ1) is 8.63. The zero-order valence-electron chi connectivity index (χ0n) is 13.7. The minimum atomic E-state index is 0.214. The quantitative estimate of drug-likeness (QED) is 0.805. The molecule has 0 bridgehead atoms. The Bertz CT molecular complexity index is 372. The molecule has 0 heterocycles. The van der Waals surface area contributed by atoms with Crippen molar-refractivity contribution in [2.75, 3.05) is 0 Å². The van der Waals surface area contributed by atoms with Crippen LogP contribution in [-0.4, -0.2) is 12.1 Å². The van der Waals surface area contributed by atoms with Crippen LogP contribution in [0, 0.1) is 5.41 Å². The molecule has 1 rings (SSSR count). The van der Waals surface area contributed by atoms with Gasteiger partial charge in [0.2, 0.25) is 0 Å². The number of rotatable bonds is 5. The van der Waals surface area contributed by atoms with Crippen molar-refractivity contribution in [1.82, 2.24) is 5.32 Å². The minimum absolute atomic E-state index is 0.214. The highest BCUT2D eigenvalue weighted by Gasteiger charge is 2.26. The Morgan fingerprint density at radius 3 is 1.95 bits per heavy atom. The highest BCUT2D eigenvalue weighted by Crippen LogP contribution is 2.29. The van der Waals surface area contributed by atoms with Crippen molar-refractivity contribution >= 4 is 0 Å². The Balaban J connectivity index is 2.64. The highest BCUT2D eigenvalue weighted by molar-refractivity contribution is 5.23. The van der Waals surface area contributed by atoms with E-state index in [-0.39, 0.29) is 5.41 Å². The summed E-state index contributed by atoms with van der Waals surface area (Å²) >= 11 is 0. The Morgan fingerprint density at radius 2 is 1.47 bits per heavy atom. The van der Waals surface area contributed by atoms with Crippen LogP contribution in [0.2, 0.25) is 0 Å². The van der Waals surface area contributed by atoms with Gasteiger partial charge >= 0.3 is 0 Å². The number of nitrogens with one attached hydrogen (secondary N) is 1. The standard InChI is InChI=1S/C18H31N/c1-14(19-15(2)17(3,4)5)13-18(6,7)16-11-9-8-10-12-16/h8-12,14-15,19H,13H2,1-7H3. The van der Waals surface area contributed by atoms with E-state index in [1.807, 2.05) is 0 Å². The van der Waals surface area contributed by atoms with Gasteiger partial charge in [0.05, 0.1) is 0 Å². The summed E-state index contributed by atoms with van der Waals surface area (Å²) in [6.45, 7) is 16.1. The highest BCUT2D eigenvalue weighted by atomic mass is 15.0. The summed E-state index contributed by atoms with van der Waals surface area (Å²) in [6, 6.07) is 11.9. The van der Waals surface area contributed by atoms with Gasteiger partial charge in [0.25, 0.3) is 0 Å². The minimum Gasteiger partial charge on any atom is -0.311 e. The molecule has 0 fully saturated rings. The number of hydrogen-bond acceptors (Lipinski definition) is 1. The van der Waals surface area contributed by atoms with Gasteiger partial charge in [0.15, 0.2) is 0 Å². The molecular weight excluding hydrogens is 230 g/mol. The fraction of sp³-hybridized carbons (Fsp3) is 0.667. The van der Waals surface area contributed by atoms with E-state index in [0.29, 0.717) is 17.5 Å². The summed E-state index contributed by atoms with van der Waals surface area (Å²) in [5.41, 5.74) is 1.95. The van der Waals surface area contributed by atoms with E-state index in [1.54, 1.807) is 0 Å². The third-order valence-electron chi connectivity index (χ3n) is 4.21. The van der Waals surface area contributed by atoms with E-state index >= 15 is 0 Å². The van der Waals surface area contributed by atoms with Crippen LogP contribution in [0.5, 0.6) is 0 Å². The lowest BCUT2D eigenvalue weighted by molar-refractivity contribution is 0.249. The van der Waals surface area contributed by atoms with Gasteiger partial charge in [-0.1, -0.05) is 65.0 Å². The zero-order valence-corrected chi connectivity index (χ0v) is 13.7. The maximum atomic E-state index is 3.75. The molecule has 0 saturated carbocycles. The molecule has 0 spiro atoms. The Hall–Kier alpha value is -0.820. The summed E-state index contributed by atoms with van der Waals surface area (Å²) in [7, 11) is 0. The van der Waals surface area contributed by atoms with Crippen LogP contribution in [0.4, 0.5) is 0 Å². The molecule has 0 radical (unpaired) electrons. The molecule has 1 nitrogen and oxygen atoms in total.